The van der Waals surface area contributed by atoms with Crippen molar-refractivity contribution < 1.29 is 9.53 Å². The highest BCUT2D eigenvalue weighted by molar-refractivity contribution is 5.44. The first-order chi connectivity index (χ1) is 9.65. The Labute approximate surface area is 124 Å². The fourth-order valence-corrected chi connectivity index (χ4v) is 1.57. The SMILES string of the molecule is C/C=C\N(N)CCCN1CCOCC1.CC=O.CCC. The van der Waals surface area contributed by atoms with Crippen LogP contribution in [-0.4, -0.2) is 55.6 Å². The minimum Gasteiger partial charge on any atom is -0.379 e. The van der Waals surface area contributed by atoms with E-state index in [2.05, 4.69) is 18.7 Å². The van der Waals surface area contributed by atoms with Gasteiger partial charge in [0.05, 0.1) is 13.2 Å². The van der Waals surface area contributed by atoms with Crippen molar-refractivity contribution in [1.29, 1.82) is 0 Å². The van der Waals surface area contributed by atoms with Crippen LogP contribution >= 0.6 is 0 Å². The third-order valence-corrected chi connectivity index (χ3v) is 2.33. The molecular formula is C15H33N3O2. The summed E-state index contributed by atoms with van der Waals surface area (Å²) >= 11 is 0. The molecule has 1 aliphatic rings. The maximum absolute atomic E-state index is 8.81. The number of ether oxygens (including phenoxy) is 1. The number of nitrogens with two attached hydrogens (primary N) is 1. The van der Waals surface area contributed by atoms with E-state index >= 15 is 0 Å². The van der Waals surface area contributed by atoms with E-state index < -0.39 is 0 Å². The molecule has 0 spiro atoms. The van der Waals surface area contributed by atoms with Gasteiger partial charge < -0.3 is 14.5 Å². The molecule has 0 saturated carbocycles. The molecule has 0 unspecified atom stereocenters. The lowest BCUT2D eigenvalue weighted by Crippen LogP contribution is -2.38. The number of morpholine rings is 1. The summed E-state index contributed by atoms with van der Waals surface area (Å²) in [5.74, 6) is 5.70. The monoisotopic (exact) mass is 287 g/mol. The van der Waals surface area contributed by atoms with Gasteiger partial charge in [0.15, 0.2) is 0 Å². The van der Waals surface area contributed by atoms with Gasteiger partial charge in [0, 0.05) is 32.4 Å². The predicted octanol–water partition coefficient (Wildman–Crippen LogP) is 2.04. The molecule has 1 aliphatic heterocycles. The summed E-state index contributed by atoms with van der Waals surface area (Å²) in [6.45, 7) is 13.6. The number of nitrogens with zero attached hydrogens (tertiary/aromatic N) is 2. The number of aldehydes is 1. The number of hydrogen-bond donors (Lipinski definition) is 1. The van der Waals surface area contributed by atoms with Crippen LogP contribution in [-0.2, 0) is 9.53 Å². The van der Waals surface area contributed by atoms with Gasteiger partial charge in [0.25, 0.3) is 0 Å². The fourth-order valence-electron chi connectivity index (χ4n) is 1.57. The van der Waals surface area contributed by atoms with Crippen LogP contribution in [0.1, 0.15) is 40.5 Å². The molecule has 120 valence electrons. The third kappa shape index (κ3) is 17.1. The number of carbonyl (C=O) groups is 1. The Bertz CT molecular complexity index is 217. The topological polar surface area (TPSA) is 58.8 Å². The van der Waals surface area contributed by atoms with E-state index in [1.54, 1.807) is 5.01 Å². The molecule has 1 heterocycles. The van der Waals surface area contributed by atoms with E-state index in [1.807, 2.05) is 19.2 Å². The van der Waals surface area contributed by atoms with Gasteiger partial charge in [0.2, 0.25) is 0 Å². The standard InChI is InChI=1S/C10H21N3O.C3H8.C2H4O/c1-2-4-13(11)6-3-5-12-7-9-14-10-8-12;1-3-2;1-2-3/h2,4H,3,5-11H2,1H3;3H2,1-2H3;2H,1H3/b4-2-;;. The van der Waals surface area contributed by atoms with Gasteiger partial charge in [-0.2, -0.15) is 0 Å². The van der Waals surface area contributed by atoms with Crippen LogP contribution in [0.4, 0.5) is 0 Å². The highest BCUT2D eigenvalue weighted by Crippen LogP contribution is 1.98. The summed E-state index contributed by atoms with van der Waals surface area (Å²) in [6.07, 6.45) is 6.97. The van der Waals surface area contributed by atoms with Gasteiger partial charge in [-0.05, 0) is 20.3 Å². The second-order valence-corrected chi connectivity index (χ2v) is 4.47. The number of hydrazine groups is 1. The van der Waals surface area contributed by atoms with Gasteiger partial charge in [0.1, 0.15) is 6.29 Å². The van der Waals surface area contributed by atoms with Crippen molar-refractivity contribution in [2.45, 2.75) is 40.5 Å². The molecule has 0 radical (unpaired) electrons. The quantitative estimate of drug-likeness (QED) is 0.476. The molecule has 0 atom stereocenters. The summed E-state index contributed by atoms with van der Waals surface area (Å²) in [7, 11) is 0. The van der Waals surface area contributed by atoms with E-state index in [9.17, 15) is 0 Å². The lowest BCUT2D eigenvalue weighted by Gasteiger charge is -2.27. The lowest BCUT2D eigenvalue weighted by atomic mass is 10.3. The summed E-state index contributed by atoms with van der Waals surface area (Å²) < 4.78 is 5.28. The molecule has 1 rings (SSSR count). The zero-order chi connectivity index (χ0) is 15.6. The summed E-state index contributed by atoms with van der Waals surface area (Å²) in [5, 5.41) is 1.74. The van der Waals surface area contributed by atoms with Crippen LogP contribution in [0.2, 0.25) is 0 Å². The Morgan fingerprint density at radius 1 is 1.25 bits per heavy atom. The van der Waals surface area contributed by atoms with E-state index in [0.29, 0.717) is 0 Å². The second-order valence-electron chi connectivity index (χ2n) is 4.47. The van der Waals surface area contributed by atoms with Crippen molar-refractivity contribution in [3.05, 3.63) is 12.3 Å². The van der Waals surface area contributed by atoms with Gasteiger partial charge in [-0.25, -0.2) is 5.84 Å². The first-order valence-electron chi connectivity index (χ1n) is 7.50. The van der Waals surface area contributed by atoms with Crippen LogP contribution in [0, 0.1) is 0 Å². The Kier molecular flexibility index (Phi) is 19.3. The number of carbonyl (C=O) groups excluding carboxylic acids is 1. The third-order valence-electron chi connectivity index (χ3n) is 2.33. The van der Waals surface area contributed by atoms with Crippen molar-refractivity contribution in [1.82, 2.24) is 9.91 Å². The normalized spacial score (nSPS) is 14.8. The van der Waals surface area contributed by atoms with Crippen molar-refractivity contribution in [2.24, 2.45) is 5.84 Å². The van der Waals surface area contributed by atoms with Gasteiger partial charge in [-0.15, -0.1) is 0 Å². The van der Waals surface area contributed by atoms with Crippen molar-refractivity contribution >= 4 is 6.29 Å². The molecule has 1 saturated heterocycles. The molecule has 20 heavy (non-hydrogen) atoms. The molecule has 0 aromatic heterocycles. The predicted molar refractivity (Wildman–Crippen MR) is 85.3 cm³/mol. The average molecular weight is 287 g/mol. The molecule has 0 aromatic rings. The second kappa shape index (κ2) is 18.1. The average Bonchev–Trinajstić information content (AvgIpc) is 2.42. The molecule has 0 bridgehead atoms. The minimum absolute atomic E-state index is 0.750. The summed E-state index contributed by atoms with van der Waals surface area (Å²) in [6, 6.07) is 0. The largest absolute Gasteiger partial charge is 0.379 e. The molecule has 0 aliphatic carbocycles. The summed E-state index contributed by atoms with van der Waals surface area (Å²) in [4.78, 5) is 11.2. The smallest absolute Gasteiger partial charge is 0.116 e. The van der Waals surface area contributed by atoms with Crippen LogP contribution in [0.25, 0.3) is 0 Å². The van der Waals surface area contributed by atoms with Crippen LogP contribution < -0.4 is 5.84 Å². The Morgan fingerprint density at radius 2 is 1.75 bits per heavy atom. The Balaban J connectivity index is 0. The summed E-state index contributed by atoms with van der Waals surface area (Å²) in [5.41, 5.74) is 0. The zero-order valence-corrected chi connectivity index (χ0v) is 13.7. The highest BCUT2D eigenvalue weighted by Gasteiger charge is 2.09. The van der Waals surface area contributed by atoms with Gasteiger partial charge in [-0.1, -0.05) is 26.3 Å². The number of hydrogen-bond acceptors (Lipinski definition) is 5. The molecule has 0 amide bonds. The fraction of sp³-hybridized carbons (Fsp3) is 0.800. The van der Waals surface area contributed by atoms with E-state index in [-0.39, 0.29) is 0 Å². The van der Waals surface area contributed by atoms with E-state index in [0.717, 1.165) is 52.1 Å². The molecule has 0 aromatic carbocycles. The Morgan fingerprint density at radius 3 is 2.20 bits per heavy atom. The first-order valence-corrected chi connectivity index (χ1v) is 7.50. The lowest BCUT2D eigenvalue weighted by molar-refractivity contribution is -0.106. The highest BCUT2D eigenvalue weighted by atomic mass is 16.5. The number of allylic oxidation sites excluding steroid dienone is 1. The molecule has 2 N–H and O–H groups in total. The van der Waals surface area contributed by atoms with Gasteiger partial charge >= 0.3 is 0 Å². The molecular weight excluding hydrogens is 254 g/mol. The Hall–Kier alpha value is -0.910. The first kappa shape index (κ1) is 21.4. The number of rotatable bonds is 5. The molecule has 5 nitrogen and oxygen atoms in total. The maximum atomic E-state index is 8.81. The van der Waals surface area contributed by atoms with E-state index in [1.165, 1.54) is 13.3 Å². The van der Waals surface area contributed by atoms with Crippen molar-refractivity contribution in [3.63, 3.8) is 0 Å². The van der Waals surface area contributed by atoms with Crippen LogP contribution in [0.3, 0.4) is 0 Å². The van der Waals surface area contributed by atoms with Crippen LogP contribution in [0.15, 0.2) is 12.3 Å². The van der Waals surface area contributed by atoms with Crippen molar-refractivity contribution in [3.8, 4) is 0 Å². The maximum Gasteiger partial charge on any atom is 0.116 e. The minimum atomic E-state index is 0.750. The zero-order valence-electron chi connectivity index (χ0n) is 13.7. The molecule has 5 heteroatoms. The van der Waals surface area contributed by atoms with E-state index in [4.69, 9.17) is 15.4 Å². The van der Waals surface area contributed by atoms with Crippen LogP contribution in [0.5, 0.6) is 0 Å². The molecule has 1 fully saturated rings. The van der Waals surface area contributed by atoms with Crippen molar-refractivity contribution in [2.75, 3.05) is 39.4 Å². The van der Waals surface area contributed by atoms with Gasteiger partial charge in [-0.3, -0.25) is 4.90 Å².